The largest absolute Gasteiger partial charge is 0.481 e. The van der Waals surface area contributed by atoms with Crippen LogP contribution in [0.2, 0.25) is 0 Å². The maximum absolute atomic E-state index is 13.0. The Morgan fingerprint density at radius 1 is 1.39 bits per heavy atom. The van der Waals surface area contributed by atoms with Crippen LogP contribution in [-0.4, -0.2) is 27.2 Å². The maximum Gasteiger partial charge on any atom is 0.395 e. The summed E-state index contributed by atoms with van der Waals surface area (Å²) < 4.78 is 39.1. The van der Waals surface area contributed by atoms with Gasteiger partial charge in [-0.3, -0.25) is 4.79 Å². The predicted molar refractivity (Wildman–Crippen MR) is 54.7 cm³/mol. The van der Waals surface area contributed by atoms with Crippen molar-refractivity contribution in [1.29, 1.82) is 0 Å². The fourth-order valence-corrected chi connectivity index (χ4v) is 2.16. The van der Waals surface area contributed by atoms with Crippen molar-refractivity contribution < 1.29 is 23.1 Å². The SMILES string of the molecule is O=C(O)C[C@@H](c1ncccn1)C1(C(F)(F)F)CC1. The summed E-state index contributed by atoms with van der Waals surface area (Å²) in [6.07, 6.45) is -2.51. The number of aliphatic carboxylic acids is 1. The van der Waals surface area contributed by atoms with E-state index in [1.165, 1.54) is 18.5 Å². The summed E-state index contributed by atoms with van der Waals surface area (Å²) >= 11 is 0. The molecule has 0 aliphatic heterocycles. The number of halogens is 3. The van der Waals surface area contributed by atoms with E-state index in [0.717, 1.165) is 0 Å². The molecule has 18 heavy (non-hydrogen) atoms. The van der Waals surface area contributed by atoms with Gasteiger partial charge < -0.3 is 5.11 Å². The van der Waals surface area contributed by atoms with E-state index in [-0.39, 0.29) is 18.7 Å². The molecule has 0 radical (unpaired) electrons. The molecule has 0 aromatic carbocycles. The molecule has 1 atom stereocenters. The average molecular weight is 260 g/mol. The third-order valence-corrected chi connectivity index (χ3v) is 3.30. The maximum atomic E-state index is 13.0. The van der Waals surface area contributed by atoms with Gasteiger partial charge in [-0.05, 0) is 18.9 Å². The molecule has 0 unspecified atom stereocenters. The Hall–Kier alpha value is -1.66. The molecule has 1 aromatic rings. The van der Waals surface area contributed by atoms with Gasteiger partial charge >= 0.3 is 12.1 Å². The summed E-state index contributed by atoms with van der Waals surface area (Å²) in [5.74, 6) is -2.53. The number of nitrogens with zero attached hydrogens (tertiary/aromatic N) is 2. The van der Waals surface area contributed by atoms with Gasteiger partial charge in [0.1, 0.15) is 5.82 Å². The number of carboxylic acid groups (broad SMARTS) is 1. The van der Waals surface area contributed by atoms with Crippen molar-refractivity contribution >= 4 is 5.97 Å². The molecule has 98 valence electrons. The van der Waals surface area contributed by atoms with Crippen LogP contribution in [-0.2, 0) is 4.79 Å². The molecule has 0 saturated heterocycles. The van der Waals surface area contributed by atoms with E-state index in [0.29, 0.717) is 0 Å². The summed E-state index contributed by atoms with van der Waals surface area (Å²) in [4.78, 5) is 18.3. The molecular formula is C11H11F3N2O2. The lowest BCUT2D eigenvalue weighted by Gasteiger charge is -2.26. The number of carboxylic acids is 1. The first-order valence-electron chi connectivity index (χ1n) is 5.42. The molecule has 1 aromatic heterocycles. The van der Waals surface area contributed by atoms with Crippen molar-refractivity contribution in [2.24, 2.45) is 5.41 Å². The molecule has 1 aliphatic carbocycles. The molecule has 1 saturated carbocycles. The third kappa shape index (κ3) is 2.16. The minimum atomic E-state index is -4.42. The van der Waals surface area contributed by atoms with Gasteiger partial charge in [0.05, 0.1) is 11.8 Å². The highest BCUT2D eigenvalue weighted by Crippen LogP contribution is 2.65. The van der Waals surface area contributed by atoms with Crippen LogP contribution in [0.25, 0.3) is 0 Å². The van der Waals surface area contributed by atoms with E-state index in [4.69, 9.17) is 5.11 Å². The van der Waals surface area contributed by atoms with Crippen LogP contribution in [0.15, 0.2) is 18.5 Å². The van der Waals surface area contributed by atoms with Crippen molar-refractivity contribution in [3.05, 3.63) is 24.3 Å². The molecule has 2 rings (SSSR count). The van der Waals surface area contributed by atoms with Crippen molar-refractivity contribution in [3.8, 4) is 0 Å². The molecule has 0 spiro atoms. The first-order chi connectivity index (χ1) is 8.37. The zero-order valence-electron chi connectivity index (χ0n) is 9.31. The molecule has 1 fully saturated rings. The smallest absolute Gasteiger partial charge is 0.395 e. The lowest BCUT2D eigenvalue weighted by atomic mass is 9.84. The second-order valence-electron chi connectivity index (χ2n) is 4.41. The first kappa shape index (κ1) is 12.8. The van der Waals surface area contributed by atoms with Gasteiger partial charge in [-0.2, -0.15) is 13.2 Å². The number of carbonyl (C=O) groups is 1. The quantitative estimate of drug-likeness (QED) is 0.902. The molecule has 1 aliphatic rings. The van der Waals surface area contributed by atoms with Crippen molar-refractivity contribution in [2.45, 2.75) is 31.4 Å². The van der Waals surface area contributed by atoms with Crippen molar-refractivity contribution in [3.63, 3.8) is 0 Å². The molecule has 0 bridgehead atoms. The van der Waals surface area contributed by atoms with Crippen molar-refractivity contribution in [1.82, 2.24) is 9.97 Å². The number of hydrogen-bond acceptors (Lipinski definition) is 3. The summed E-state index contributed by atoms with van der Waals surface area (Å²) in [5.41, 5.74) is -1.97. The van der Waals surface area contributed by atoms with Gasteiger partial charge in [0.2, 0.25) is 0 Å². The first-order valence-corrected chi connectivity index (χ1v) is 5.42. The number of rotatable bonds is 4. The molecule has 4 nitrogen and oxygen atoms in total. The van der Waals surface area contributed by atoms with Crippen LogP contribution in [0.3, 0.4) is 0 Å². The van der Waals surface area contributed by atoms with Crippen LogP contribution in [0.4, 0.5) is 13.2 Å². The minimum Gasteiger partial charge on any atom is -0.481 e. The lowest BCUT2D eigenvalue weighted by Crippen LogP contribution is -2.33. The highest BCUT2D eigenvalue weighted by molar-refractivity contribution is 5.68. The summed E-state index contributed by atoms with van der Waals surface area (Å²) in [7, 11) is 0. The number of hydrogen-bond donors (Lipinski definition) is 1. The summed E-state index contributed by atoms with van der Waals surface area (Å²) in [6.45, 7) is 0. The monoisotopic (exact) mass is 260 g/mol. The zero-order chi connectivity index (χ0) is 13.4. The van der Waals surface area contributed by atoms with Crippen LogP contribution in [0.5, 0.6) is 0 Å². The lowest BCUT2D eigenvalue weighted by molar-refractivity contribution is -0.196. The number of alkyl halides is 3. The minimum absolute atomic E-state index is 0.0466. The molecular weight excluding hydrogens is 249 g/mol. The second-order valence-corrected chi connectivity index (χ2v) is 4.41. The highest BCUT2D eigenvalue weighted by Gasteiger charge is 2.68. The van der Waals surface area contributed by atoms with E-state index >= 15 is 0 Å². The third-order valence-electron chi connectivity index (χ3n) is 3.30. The average Bonchev–Trinajstić information content (AvgIpc) is 3.07. The Kier molecular flexibility index (Phi) is 3.00. The van der Waals surface area contributed by atoms with Gasteiger partial charge in [0, 0.05) is 18.3 Å². The fourth-order valence-electron chi connectivity index (χ4n) is 2.16. The zero-order valence-corrected chi connectivity index (χ0v) is 9.31. The highest BCUT2D eigenvalue weighted by atomic mass is 19.4. The van der Waals surface area contributed by atoms with Gasteiger partial charge in [0.25, 0.3) is 0 Å². The topological polar surface area (TPSA) is 63.1 Å². The molecule has 1 N–H and O–H groups in total. The Bertz CT molecular complexity index is 443. The van der Waals surface area contributed by atoms with E-state index in [9.17, 15) is 18.0 Å². The Labute approximate surface area is 101 Å². The predicted octanol–water partition coefficient (Wildman–Crippen LogP) is 2.38. The van der Waals surface area contributed by atoms with Gasteiger partial charge in [-0.15, -0.1) is 0 Å². The van der Waals surface area contributed by atoms with E-state index < -0.39 is 29.9 Å². The van der Waals surface area contributed by atoms with Crippen LogP contribution in [0, 0.1) is 5.41 Å². The van der Waals surface area contributed by atoms with E-state index in [2.05, 4.69) is 9.97 Å². The Balaban J connectivity index is 2.36. The van der Waals surface area contributed by atoms with Crippen LogP contribution < -0.4 is 0 Å². The number of aromatic nitrogens is 2. The molecule has 1 heterocycles. The van der Waals surface area contributed by atoms with Gasteiger partial charge in [0.15, 0.2) is 0 Å². The Morgan fingerprint density at radius 2 is 1.94 bits per heavy atom. The fraction of sp³-hybridized carbons (Fsp3) is 0.545. The van der Waals surface area contributed by atoms with Crippen molar-refractivity contribution in [2.75, 3.05) is 0 Å². The second kappa shape index (κ2) is 4.22. The molecule has 7 heteroatoms. The standard InChI is InChI=1S/C11H11F3N2O2/c12-11(13,14)10(2-3-10)7(6-8(17)18)9-15-4-1-5-16-9/h1,4-5,7H,2-3,6H2,(H,17,18)/t7-/m0/s1. The summed E-state index contributed by atoms with van der Waals surface area (Å²) in [6, 6.07) is 1.48. The van der Waals surface area contributed by atoms with Crippen LogP contribution in [0.1, 0.15) is 31.0 Å². The summed E-state index contributed by atoms with van der Waals surface area (Å²) in [5, 5.41) is 8.78. The normalized spacial score (nSPS) is 19.3. The van der Waals surface area contributed by atoms with Gasteiger partial charge in [-0.25, -0.2) is 9.97 Å². The molecule has 0 amide bonds. The Morgan fingerprint density at radius 3 is 2.33 bits per heavy atom. The van der Waals surface area contributed by atoms with Crippen LogP contribution >= 0.6 is 0 Å². The van der Waals surface area contributed by atoms with Gasteiger partial charge in [-0.1, -0.05) is 0 Å². The van der Waals surface area contributed by atoms with E-state index in [1.807, 2.05) is 0 Å². The van der Waals surface area contributed by atoms with E-state index in [1.54, 1.807) is 0 Å².